The summed E-state index contributed by atoms with van der Waals surface area (Å²) < 4.78 is 13.2. The number of hydrogen-bond donors (Lipinski definition) is 4. The molecule has 0 aliphatic carbocycles. The van der Waals surface area contributed by atoms with Crippen molar-refractivity contribution in [1.29, 1.82) is 0 Å². The summed E-state index contributed by atoms with van der Waals surface area (Å²) >= 11 is 0. The summed E-state index contributed by atoms with van der Waals surface area (Å²) in [7, 11) is 0. The van der Waals surface area contributed by atoms with Crippen LogP contribution in [0.4, 0.5) is 26.8 Å². The number of amides is 1. The normalized spacial score (nSPS) is 14.0. The molecule has 0 atom stereocenters. The van der Waals surface area contributed by atoms with Gasteiger partial charge >= 0.3 is 6.09 Å². The quantitative estimate of drug-likeness (QED) is 0.626. The molecule has 9 heteroatoms. The van der Waals surface area contributed by atoms with Crippen molar-refractivity contribution in [2.24, 2.45) is 5.92 Å². The number of nitrogens with two attached hydrogens (primary N) is 1. The van der Waals surface area contributed by atoms with Gasteiger partial charge in [0.2, 0.25) is 5.95 Å². The summed E-state index contributed by atoms with van der Waals surface area (Å²) in [5, 5.41) is 14.1. The number of halogens is 1. The van der Waals surface area contributed by atoms with E-state index in [1.807, 2.05) is 11.0 Å². The molecule has 3 rings (SSSR count). The zero-order chi connectivity index (χ0) is 17.8. The van der Waals surface area contributed by atoms with Gasteiger partial charge in [0.15, 0.2) is 0 Å². The van der Waals surface area contributed by atoms with Gasteiger partial charge in [0.25, 0.3) is 0 Å². The summed E-state index contributed by atoms with van der Waals surface area (Å²) in [5.41, 5.74) is 6.56. The molecule has 0 unspecified atom stereocenters. The highest BCUT2D eigenvalue weighted by molar-refractivity contribution is 5.64. The van der Waals surface area contributed by atoms with Crippen LogP contribution in [0.15, 0.2) is 30.3 Å². The molecule has 0 saturated carbocycles. The van der Waals surface area contributed by atoms with Crippen molar-refractivity contribution in [2.75, 3.05) is 35.6 Å². The number of benzene rings is 1. The monoisotopic (exact) mass is 346 g/mol. The van der Waals surface area contributed by atoms with Crippen molar-refractivity contribution < 1.29 is 14.3 Å². The van der Waals surface area contributed by atoms with Gasteiger partial charge < -0.3 is 26.4 Å². The minimum Gasteiger partial charge on any atom is -0.465 e. The Hall–Kier alpha value is -3.10. The van der Waals surface area contributed by atoms with Crippen LogP contribution < -0.4 is 21.3 Å². The van der Waals surface area contributed by atoms with E-state index in [-0.39, 0.29) is 17.7 Å². The molecule has 8 nitrogen and oxygen atoms in total. The van der Waals surface area contributed by atoms with Crippen molar-refractivity contribution in [3.63, 3.8) is 0 Å². The fourth-order valence-electron chi connectivity index (χ4n) is 2.66. The van der Waals surface area contributed by atoms with Gasteiger partial charge in [-0.3, -0.25) is 0 Å². The van der Waals surface area contributed by atoms with Crippen LogP contribution in [-0.4, -0.2) is 40.8 Å². The second-order valence-corrected chi connectivity index (χ2v) is 5.91. The maximum Gasteiger partial charge on any atom is 0.404 e. The Balaban J connectivity index is 1.59. The zero-order valence-electron chi connectivity index (χ0n) is 13.4. The first kappa shape index (κ1) is 16.7. The predicted molar refractivity (Wildman–Crippen MR) is 91.9 cm³/mol. The Kier molecular flexibility index (Phi) is 4.82. The number of rotatable bonds is 6. The Morgan fingerprint density at radius 2 is 2.16 bits per heavy atom. The Bertz CT molecular complexity index is 766. The standard InChI is InChI=1S/C16H19FN6O2/c17-12-3-1-2-10(4-12)6-19-13-5-14(22-15(18)21-13)23-8-11(9-23)7-20-16(24)25/h1-5,11,20H,6-9H2,(H,24,25)(H3,18,19,21,22). The summed E-state index contributed by atoms with van der Waals surface area (Å²) in [4.78, 5) is 20.8. The van der Waals surface area contributed by atoms with Crippen LogP contribution in [0.3, 0.4) is 0 Å². The number of aromatic nitrogens is 2. The van der Waals surface area contributed by atoms with Crippen LogP contribution in [0.5, 0.6) is 0 Å². The minimum atomic E-state index is -1.02. The molecule has 1 amide bonds. The van der Waals surface area contributed by atoms with Crippen molar-refractivity contribution in [1.82, 2.24) is 15.3 Å². The third-order valence-corrected chi connectivity index (χ3v) is 3.92. The highest BCUT2D eigenvalue weighted by Gasteiger charge is 2.28. The van der Waals surface area contributed by atoms with Crippen LogP contribution in [0.1, 0.15) is 5.56 Å². The van der Waals surface area contributed by atoms with Gasteiger partial charge in [-0.15, -0.1) is 0 Å². The van der Waals surface area contributed by atoms with Gasteiger partial charge in [0.1, 0.15) is 17.5 Å². The van der Waals surface area contributed by atoms with Crippen molar-refractivity contribution >= 4 is 23.7 Å². The number of nitrogens with one attached hydrogen (secondary N) is 2. The smallest absolute Gasteiger partial charge is 0.404 e. The number of nitrogens with zero attached hydrogens (tertiary/aromatic N) is 3. The number of hydrogen-bond acceptors (Lipinski definition) is 6. The molecule has 1 fully saturated rings. The van der Waals surface area contributed by atoms with Gasteiger partial charge in [-0.05, 0) is 17.7 Å². The van der Waals surface area contributed by atoms with Crippen molar-refractivity contribution in [3.8, 4) is 0 Å². The molecular weight excluding hydrogens is 327 g/mol. The van der Waals surface area contributed by atoms with Crippen molar-refractivity contribution in [2.45, 2.75) is 6.54 Å². The molecule has 1 saturated heterocycles. The first-order chi connectivity index (χ1) is 12.0. The zero-order valence-corrected chi connectivity index (χ0v) is 13.4. The van der Waals surface area contributed by atoms with E-state index >= 15 is 0 Å². The van der Waals surface area contributed by atoms with Gasteiger partial charge in [-0.25, -0.2) is 9.18 Å². The average molecular weight is 346 g/mol. The fourth-order valence-corrected chi connectivity index (χ4v) is 2.66. The lowest BCUT2D eigenvalue weighted by Crippen LogP contribution is -2.51. The third-order valence-electron chi connectivity index (χ3n) is 3.92. The Labute approximate surface area is 143 Å². The summed E-state index contributed by atoms with van der Waals surface area (Å²) in [6.45, 7) is 2.22. The van der Waals surface area contributed by atoms with Gasteiger partial charge in [0, 0.05) is 38.2 Å². The minimum absolute atomic E-state index is 0.145. The van der Waals surface area contributed by atoms with E-state index in [1.165, 1.54) is 12.1 Å². The molecule has 2 aromatic rings. The SMILES string of the molecule is Nc1nc(NCc2cccc(F)c2)cc(N2CC(CNC(=O)O)C2)n1. The summed E-state index contributed by atoms with van der Waals surface area (Å²) in [6, 6.07) is 8.09. The number of carboxylic acid groups (broad SMARTS) is 1. The summed E-state index contributed by atoms with van der Waals surface area (Å²) in [5.74, 6) is 1.34. The van der Waals surface area contributed by atoms with Crippen LogP contribution in [0.25, 0.3) is 0 Å². The van der Waals surface area contributed by atoms with E-state index in [0.717, 1.165) is 5.56 Å². The Morgan fingerprint density at radius 3 is 2.88 bits per heavy atom. The van der Waals surface area contributed by atoms with E-state index in [1.54, 1.807) is 12.1 Å². The van der Waals surface area contributed by atoms with Crippen LogP contribution in [-0.2, 0) is 6.54 Å². The van der Waals surface area contributed by atoms with Crippen LogP contribution in [0.2, 0.25) is 0 Å². The highest BCUT2D eigenvalue weighted by atomic mass is 19.1. The van der Waals surface area contributed by atoms with E-state index in [4.69, 9.17) is 10.8 Å². The molecule has 0 spiro atoms. The first-order valence-electron chi connectivity index (χ1n) is 7.84. The molecule has 2 heterocycles. The lowest BCUT2D eigenvalue weighted by molar-refractivity contribution is 0.191. The second kappa shape index (κ2) is 7.20. The van der Waals surface area contributed by atoms with E-state index in [9.17, 15) is 9.18 Å². The van der Waals surface area contributed by atoms with E-state index < -0.39 is 6.09 Å². The molecule has 1 aromatic carbocycles. The maximum atomic E-state index is 13.2. The van der Waals surface area contributed by atoms with Gasteiger partial charge in [0.05, 0.1) is 0 Å². The largest absolute Gasteiger partial charge is 0.465 e. The first-order valence-corrected chi connectivity index (χ1v) is 7.84. The molecule has 0 bridgehead atoms. The average Bonchev–Trinajstić information content (AvgIpc) is 2.51. The third kappa shape index (κ3) is 4.46. The molecule has 25 heavy (non-hydrogen) atoms. The molecular formula is C16H19FN6O2. The maximum absolute atomic E-state index is 13.2. The molecule has 1 aliphatic rings. The van der Waals surface area contributed by atoms with E-state index in [0.29, 0.717) is 37.8 Å². The number of nitrogen functional groups attached to an aromatic ring is 1. The fraction of sp³-hybridized carbons (Fsp3) is 0.312. The number of anilines is 3. The van der Waals surface area contributed by atoms with E-state index in [2.05, 4.69) is 20.6 Å². The topological polar surface area (TPSA) is 116 Å². The lowest BCUT2D eigenvalue weighted by Gasteiger charge is -2.40. The number of carbonyl (C=O) groups is 1. The molecule has 0 radical (unpaired) electrons. The lowest BCUT2D eigenvalue weighted by atomic mass is 10.0. The molecule has 5 N–H and O–H groups in total. The highest BCUT2D eigenvalue weighted by Crippen LogP contribution is 2.25. The van der Waals surface area contributed by atoms with Crippen molar-refractivity contribution in [3.05, 3.63) is 41.7 Å². The van der Waals surface area contributed by atoms with Crippen LogP contribution in [0, 0.1) is 11.7 Å². The van der Waals surface area contributed by atoms with Gasteiger partial charge in [-0.1, -0.05) is 12.1 Å². The Morgan fingerprint density at radius 1 is 1.36 bits per heavy atom. The molecule has 1 aromatic heterocycles. The molecule has 1 aliphatic heterocycles. The molecule has 132 valence electrons. The van der Waals surface area contributed by atoms with Crippen LogP contribution >= 0.6 is 0 Å². The van der Waals surface area contributed by atoms with Gasteiger partial charge in [-0.2, -0.15) is 9.97 Å². The second-order valence-electron chi connectivity index (χ2n) is 5.91. The summed E-state index contributed by atoms with van der Waals surface area (Å²) in [6.07, 6.45) is -1.02. The predicted octanol–water partition coefficient (Wildman–Crippen LogP) is 1.51.